The van der Waals surface area contributed by atoms with Crippen LogP contribution < -0.4 is 9.73 Å². The molecule has 9 heteroatoms. The second-order valence-electron chi connectivity index (χ2n) is 5.88. The van der Waals surface area contributed by atoms with E-state index < -0.39 is 15.9 Å². The largest absolute Gasteiger partial charge is 0.459 e. The molecule has 1 N–H and O–H groups in total. The molecule has 2 rings (SSSR count). The Hall–Kier alpha value is -2.13. The molecule has 1 aromatic carbocycles. The van der Waals surface area contributed by atoms with Crippen LogP contribution in [0.3, 0.4) is 0 Å². The van der Waals surface area contributed by atoms with Crippen LogP contribution in [-0.2, 0) is 14.8 Å². The molecular formula is C17H20BrN3O4S. The maximum atomic E-state index is 12.1. The van der Waals surface area contributed by atoms with E-state index in [9.17, 15) is 13.2 Å². The SMILES string of the molecule is Cc1ccc(N(CC(=O)N/N=C\c2cc(Br)c(C)o2)S(C)(=O)=O)cc1C. The molecule has 26 heavy (non-hydrogen) atoms. The first-order chi connectivity index (χ1) is 12.1. The molecule has 0 spiro atoms. The molecule has 0 unspecified atom stereocenters. The number of furan rings is 1. The molecule has 0 fully saturated rings. The average molecular weight is 442 g/mol. The molecular weight excluding hydrogens is 422 g/mol. The van der Waals surface area contributed by atoms with Gasteiger partial charge in [-0.1, -0.05) is 6.07 Å². The van der Waals surface area contributed by atoms with E-state index in [4.69, 9.17) is 4.42 Å². The number of anilines is 1. The normalized spacial score (nSPS) is 11.7. The number of hydrogen-bond acceptors (Lipinski definition) is 5. The highest BCUT2D eigenvalue weighted by atomic mass is 79.9. The van der Waals surface area contributed by atoms with Crippen molar-refractivity contribution < 1.29 is 17.6 Å². The van der Waals surface area contributed by atoms with Crippen molar-refractivity contribution in [3.63, 3.8) is 0 Å². The van der Waals surface area contributed by atoms with E-state index in [0.717, 1.165) is 26.2 Å². The number of benzene rings is 1. The summed E-state index contributed by atoms with van der Waals surface area (Å²) in [7, 11) is -3.63. The summed E-state index contributed by atoms with van der Waals surface area (Å²) < 4.78 is 31.4. The van der Waals surface area contributed by atoms with Crippen molar-refractivity contribution in [2.24, 2.45) is 5.10 Å². The van der Waals surface area contributed by atoms with Crippen molar-refractivity contribution in [2.75, 3.05) is 17.1 Å². The van der Waals surface area contributed by atoms with Gasteiger partial charge in [0.1, 0.15) is 18.1 Å². The number of hydrogen-bond donors (Lipinski definition) is 1. The fourth-order valence-electron chi connectivity index (χ4n) is 2.16. The Morgan fingerprint density at radius 2 is 1.96 bits per heavy atom. The van der Waals surface area contributed by atoms with Gasteiger partial charge in [0.25, 0.3) is 5.91 Å². The van der Waals surface area contributed by atoms with Gasteiger partial charge in [0.15, 0.2) is 0 Å². The van der Waals surface area contributed by atoms with Crippen LogP contribution in [0.2, 0.25) is 0 Å². The van der Waals surface area contributed by atoms with Crippen LogP contribution >= 0.6 is 15.9 Å². The first-order valence-corrected chi connectivity index (χ1v) is 10.3. The second-order valence-corrected chi connectivity index (χ2v) is 8.65. The van der Waals surface area contributed by atoms with Gasteiger partial charge in [-0.3, -0.25) is 9.10 Å². The fourth-order valence-corrected chi connectivity index (χ4v) is 3.31. The molecule has 0 aliphatic rings. The Morgan fingerprint density at radius 3 is 2.50 bits per heavy atom. The van der Waals surface area contributed by atoms with E-state index in [1.54, 1.807) is 25.1 Å². The molecule has 0 saturated heterocycles. The lowest BCUT2D eigenvalue weighted by molar-refractivity contribution is -0.119. The number of nitrogens with zero attached hydrogens (tertiary/aromatic N) is 2. The van der Waals surface area contributed by atoms with E-state index in [-0.39, 0.29) is 6.54 Å². The first kappa shape index (κ1) is 20.2. The summed E-state index contributed by atoms with van der Waals surface area (Å²) in [5.41, 5.74) is 4.71. The topological polar surface area (TPSA) is 92.0 Å². The van der Waals surface area contributed by atoms with Crippen LogP contribution in [0.1, 0.15) is 22.6 Å². The number of aryl methyl sites for hydroxylation is 3. The van der Waals surface area contributed by atoms with Crippen molar-refractivity contribution >= 4 is 43.8 Å². The smallest absolute Gasteiger partial charge is 0.260 e. The lowest BCUT2D eigenvalue weighted by atomic mass is 10.1. The summed E-state index contributed by atoms with van der Waals surface area (Å²) in [6.07, 6.45) is 2.40. The zero-order valence-electron chi connectivity index (χ0n) is 14.9. The maximum absolute atomic E-state index is 12.1. The first-order valence-electron chi connectivity index (χ1n) is 7.70. The third-order valence-corrected chi connectivity index (χ3v) is 5.65. The highest BCUT2D eigenvalue weighted by molar-refractivity contribution is 9.10. The number of sulfonamides is 1. The average Bonchev–Trinajstić information content (AvgIpc) is 2.85. The predicted octanol–water partition coefficient (Wildman–Crippen LogP) is 2.88. The third-order valence-electron chi connectivity index (χ3n) is 3.72. The van der Waals surface area contributed by atoms with Gasteiger partial charge in [0, 0.05) is 6.07 Å². The minimum atomic E-state index is -3.63. The van der Waals surface area contributed by atoms with Gasteiger partial charge < -0.3 is 4.42 Å². The van der Waals surface area contributed by atoms with Crippen LogP contribution in [0.5, 0.6) is 0 Å². The summed E-state index contributed by atoms with van der Waals surface area (Å²) in [6.45, 7) is 5.22. The number of rotatable bonds is 6. The molecule has 0 bridgehead atoms. The van der Waals surface area contributed by atoms with E-state index in [1.807, 2.05) is 19.9 Å². The van der Waals surface area contributed by atoms with Gasteiger partial charge in [0.05, 0.1) is 22.6 Å². The Labute approximate surface area is 161 Å². The van der Waals surface area contributed by atoms with Crippen LogP contribution in [0.25, 0.3) is 0 Å². The zero-order chi connectivity index (χ0) is 19.5. The standard InChI is InChI=1S/C17H20BrN3O4S/c1-11-5-6-14(7-12(11)2)21(26(4,23)24)10-17(22)20-19-9-15-8-16(18)13(3)25-15/h5-9H,10H2,1-4H3,(H,20,22)/b19-9-. The monoisotopic (exact) mass is 441 g/mol. The van der Waals surface area contributed by atoms with Gasteiger partial charge in [-0.25, -0.2) is 13.8 Å². The molecule has 0 atom stereocenters. The van der Waals surface area contributed by atoms with Gasteiger partial charge in [0.2, 0.25) is 10.0 Å². The van der Waals surface area contributed by atoms with Crippen molar-refractivity contribution in [3.05, 3.63) is 51.4 Å². The zero-order valence-corrected chi connectivity index (χ0v) is 17.3. The number of nitrogens with one attached hydrogen (secondary N) is 1. The maximum Gasteiger partial charge on any atom is 0.260 e. The number of carbonyl (C=O) groups excluding carboxylic acids is 1. The summed E-state index contributed by atoms with van der Waals surface area (Å²) in [5.74, 6) is 0.590. The Morgan fingerprint density at radius 1 is 1.27 bits per heavy atom. The highest BCUT2D eigenvalue weighted by Crippen LogP contribution is 2.21. The van der Waals surface area contributed by atoms with Crippen LogP contribution in [0.4, 0.5) is 5.69 Å². The lowest BCUT2D eigenvalue weighted by Gasteiger charge is -2.22. The van der Waals surface area contributed by atoms with E-state index in [2.05, 4.69) is 26.5 Å². The second kappa shape index (κ2) is 8.05. The summed E-state index contributed by atoms with van der Waals surface area (Å²) in [5, 5.41) is 3.80. The molecule has 1 aromatic heterocycles. The number of hydrazone groups is 1. The van der Waals surface area contributed by atoms with Crippen molar-refractivity contribution in [1.82, 2.24) is 5.43 Å². The molecule has 2 aromatic rings. The molecule has 0 aliphatic carbocycles. The van der Waals surface area contributed by atoms with Gasteiger partial charge in [-0.05, 0) is 60.0 Å². The minimum Gasteiger partial charge on any atom is -0.459 e. The van der Waals surface area contributed by atoms with Gasteiger partial charge in [-0.2, -0.15) is 5.10 Å². The van der Waals surface area contributed by atoms with Crippen molar-refractivity contribution in [1.29, 1.82) is 0 Å². The summed E-state index contributed by atoms with van der Waals surface area (Å²) >= 11 is 3.31. The Balaban J connectivity index is 2.10. The molecule has 1 heterocycles. The number of amides is 1. The van der Waals surface area contributed by atoms with E-state index >= 15 is 0 Å². The molecule has 1 amide bonds. The predicted molar refractivity (Wildman–Crippen MR) is 105 cm³/mol. The van der Waals surface area contributed by atoms with Crippen LogP contribution in [0, 0.1) is 20.8 Å². The molecule has 0 aliphatic heterocycles. The van der Waals surface area contributed by atoms with E-state index in [1.165, 1.54) is 6.21 Å². The van der Waals surface area contributed by atoms with Gasteiger partial charge >= 0.3 is 0 Å². The van der Waals surface area contributed by atoms with Gasteiger partial charge in [-0.15, -0.1) is 0 Å². The van der Waals surface area contributed by atoms with Crippen LogP contribution in [-0.4, -0.2) is 33.3 Å². The van der Waals surface area contributed by atoms with Crippen LogP contribution in [0.15, 0.2) is 38.3 Å². The highest BCUT2D eigenvalue weighted by Gasteiger charge is 2.21. The van der Waals surface area contributed by atoms with Crippen molar-refractivity contribution in [3.8, 4) is 0 Å². The number of halogens is 1. The fraction of sp³-hybridized carbons (Fsp3) is 0.294. The lowest BCUT2D eigenvalue weighted by Crippen LogP contribution is -2.39. The van der Waals surface area contributed by atoms with Crippen molar-refractivity contribution in [2.45, 2.75) is 20.8 Å². The molecule has 0 radical (unpaired) electrons. The minimum absolute atomic E-state index is 0.375. The summed E-state index contributed by atoms with van der Waals surface area (Å²) in [6, 6.07) is 6.93. The molecule has 7 nitrogen and oxygen atoms in total. The number of carbonyl (C=O) groups is 1. The quantitative estimate of drug-likeness (QED) is 0.550. The Kier molecular flexibility index (Phi) is 6.25. The molecule has 140 valence electrons. The van der Waals surface area contributed by atoms with E-state index in [0.29, 0.717) is 17.2 Å². The summed E-state index contributed by atoms with van der Waals surface area (Å²) in [4.78, 5) is 12.1. The third kappa shape index (κ3) is 5.18. The molecule has 0 saturated carbocycles. The Bertz CT molecular complexity index is 931.